The fourth-order valence-corrected chi connectivity index (χ4v) is 5.64. The minimum absolute atomic E-state index is 0.0335. The number of nitrogens with zero attached hydrogens (tertiary/aromatic N) is 2. The van der Waals surface area contributed by atoms with Crippen molar-refractivity contribution in [2.24, 2.45) is 0 Å². The van der Waals surface area contributed by atoms with Crippen molar-refractivity contribution >= 4 is 32.6 Å². The van der Waals surface area contributed by atoms with Crippen molar-refractivity contribution in [3.8, 4) is 0 Å². The minimum atomic E-state index is -3.10. The summed E-state index contributed by atoms with van der Waals surface area (Å²) in [7, 11) is -3.10. The molecule has 0 aliphatic carbocycles. The van der Waals surface area contributed by atoms with Crippen molar-refractivity contribution in [3.63, 3.8) is 0 Å². The highest BCUT2D eigenvalue weighted by molar-refractivity contribution is 7.91. The van der Waals surface area contributed by atoms with E-state index in [0.717, 1.165) is 16.5 Å². The molecule has 1 aromatic carbocycles. The number of aryl methyl sites for hydroxylation is 2. The quantitative estimate of drug-likeness (QED) is 0.668. The molecule has 1 aromatic heterocycles. The van der Waals surface area contributed by atoms with Gasteiger partial charge in [-0.05, 0) is 38.3 Å². The second-order valence-electron chi connectivity index (χ2n) is 7.24. The number of benzene rings is 1. The fraction of sp³-hybridized carbons (Fsp3) is 0.476. The molecule has 1 aliphatic heterocycles. The molecule has 29 heavy (non-hydrogen) atoms. The van der Waals surface area contributed by atoms with Crippen molar-refractivity contribution in [3.05, 3.63) is 41.1 Å². The molecule has 1 aliphatic rings. The molecule has 0 bridgehead atoms. The van der Waals surface area contributed by atoms with Crippen LogP contribution in [-0.4, -0.2) is 60.9 Å². The van der Waals surface area contributed by atoms with Crippen molar-refractivity contribution in [2.45, 2.75) is 39.7 Å². The molecule has 0 N–H and O–H groups in total. The first-order valence-corrected chi connectivity index (χ1v) is 11.6. The van der Waals surface area contributed by atoms with Crippen LogP contribution in [0.2, 0.25) is 0 Å². The number of carbonyl (C=O) groups is 2. The summed E-state index contributed by atoms with van der Waals surface area (Å²) < 4.78 is 28.8. The zero-order chi connectivity index (χ0) is 21.2. The number of ether oxygens (including phenoxy) is 1. The van der Waals surface area contributed by atoms with Crippen LogP contribution >= 0.6 is 0 Å². The Balaban J connectivity index is 1.76. The molecule has 7 nitrogen and oxygen atoms in total. The lowest BCUT2D eigenvalue weighted by Gasteiger charge is -2.26. The van der Waals surface area contributed by atoms with Crippen LogP contribution in [0.1, 0.15) is 41.9 Å². The van der Waals surface area contributed by atoms with Gasteiger partial charge in [0, 0.05) is 18.0 Å². The van der Waals surface area contributed by atoms with E-state index in [1.165, 1.54) is 4.90 Å². The first-order valence-electron chi connectivity index (χ1n) is 9.82. The van der Waals surface area contributed by atoms with Crippen LogP contribution in [0.15, 0.2) is 24.3 Å². The van der Waals surface area contributed by atoms with Gasteiger partial charge in [0.05, 0.1) is 28.3 Å². The average Bonchev–Trinajstić information content (AvgIpc) is 3.05. The summed E-state index contributed by atoms with van der Waals surface area (Å²) in [6.07, 6.45) is 0.981. The third kappa shape index (κ3) is 4.42. The lowest BCUT2D eigenvalue weighted by molar-refractivity contribution is -0.136. The minimum Gasteiger partial charge on any atom is -0.452 e. The molecular formula is C21H26N2O5S. The van der Waals surface area contributed by atoms with Crippen LogP contribution < -0.4 is 0 Å². The van der Waals surface area contributed by atoms with Crippen molar-refractivity contribution in [2.75, 3.05) is 24.7 Å². The largest absolute Gasteiger partial charge is 0.452 e. The lowest BCUT2D eigenvalue weighted by atomic mass is 10.0. The average molecular weight is 419 g/mol. The van der Waals surface area contributed by atoms with Crippen LogP contribution in [0.3, 0.4) is 0 Å². The van der Waals surface area contributed by atoms with Gasteiger partial charge in [0.2, 0.25) is 0 Å². The molecule has 0 saturated carbocycles. The summed E-state index contributed by atoms with van der Waals surface area (Å²) >= 11 is 0. The van der Waals surface area contributed by atoms with E-state index in [0.29, 0.717) is 30.6 Å². The van der Waals surface area contributed by atoms with Crippen LogP contribution in [0.5, 0.6) is 0 Å². The highest BCUT2D eigenvalue weighted by atomic mass is 32.2. The highest BCUT2D eigenvalue weighted by Crippen LogP contribution is 2.24. The van der Waals surface area contributed by atoms with Gasteiger partial charge in [0.1, 0.15) is 0 Å². The summed E-state index contributed by atoms with van der Waals surface area (Å²) in [5.74, 6) is -0.912. The number of fused-ring (bicyclic) bond motifs is 1. The van der Waals surface area contributed by atoms with Crippen molar-refractivity contribution in [1.82, 2.24) is 9.88 Å². The maximum Gasteiger partial charge on any atom is 0.340 e. The molecule has 8 heteroatoms. The second kappa shape index (κ2) is 8.49. The number of likely N-dealkylation sites (N-methyl/N-ethyl adjacent to an activating group) is 1. The van der Waals surface area contributed by atoms with Gasteiger partial charge in [-0.2, -0.15) is 0 Å². The molecule has 1 fully saturated rings. The van der Waals surface area contributed by atoms with E-state index in [1.807, 2.05) is 38.1 Å². The molecule has 0 unspecified atom stereocenters. The molecular weight excluding hydrogens is 392 g/mol. The lowest BCUT2D eigenvalue weighted by Crippen LogP contribution is -2.43. The summed E-state index contributed by atoms with van der Waals surface area (Å²) in [5, 5.41) is 0.870. The molecule has 1 atom stereocenters. The third-order valence-corrected chi connectivity index (χ3v) is 7.15. The number of hydrogen-bond acceptors (Lipinski definition) is 6. The number of pyridine rings is 1. The summed E-state index contributed by atoms with van der Waals surface area (Å²) in [5.41, 5.74) is 2.62. The zero-order valence-electron chi connectivity index (χ0n) is 17.0. The number of sulfone groups is 1. The fourth-order valence-electron chi connectivity index (χ4n) is 3.91. The Kier molecular flexibility index (Phi) is 6.21. The Morgan fingerprint density at radius 3 is 2.59 bits per heavy atom. The van der Waals surface area contributed by atoms with Crippen LogP contribution in [0.4, 0.5) is 0 Å². The zero-order valence-corrected chi connectivity index (χ0v) is 17.8. The van der Waals surface area contributed by atoms with Gasteiger partial charge in [-0.25, -0.2) is 13.2 Å². The SMILES string of the molecule is CCc1nc2ccccc2c(C)c1C(=O)OCC(=O)N(CC)[C@@H]1CCS(=O)(=O)C1. The van der Waals surface area contributed by atoms with Gasteiger partial charge < -0.3 is 9.64 Å². The van der Waals surface area contributed by atoms with E-state index in [4.69, 9.17) is 4.74 Å². The molecule has 2 heterocycles. The molecule has 0 radical (unpaired) electrons. The summed E-state index contributed by atoms with van der Waals surface area (Å²) in [4.78, 5) is 31.5. The van der Waals surface area contributed by atoms with Gasteiger partial charge >= 0.3 is 5.97 Å². The standard InChI is InChI=1S/C21H26N2O5S/c1-4-17-20(14(3)16-8-6-7-9-18(16)22-17)21(25)28-12-19(24)23(5-2)15-10-11-29(26,27)13-15/h6-9,15H,4-5,10-13H2,1-3H3/t15-/m1/s1. The van der Waals surface area contributed by atoms with E-state index in [-0.39, 0.29) is 23.5 Å². The van der Waals surface area contributed by atoms with E-state index < -0.39 is 22.4 Å². The van der Waals surface area contributed by atoms with Gasteiger partial charge in [0.15, 0.2) is 16.4 Å². The smallest absolute Gasteiger partial charge is 0.340 e. The van der Waals surface area contributed by atoms with E-state index >= 15 is 0 Å². The Morgan fingerprint density at radius 1 is 1.24 bits per heavy atom. The first-order chi connectivity index (χ1) is 13.8. The number of carbonyl (C=O) groups excluding carboxylic acids is 2. The van der Waals surface area contributed by atoms with E-state index in [2.05, 4.69) is 4.98 Å². The normalized spacial score (nSPS) is 18.0. The number of hydrogen-bond donors (Lipinski definition) is 0. The number of para-hydroxylation sites is 1. The number of amides is 1. The predicted molar refractivity (Wildman–Crippen MR) is 111 cm³/mol. The predicted octanol–water partition coefficient (Wildman–Crippen LogP) is 2.30. The number of rotatable bonds is 6. The van der Waals surface area contributed by atoms with Crippen molar-refractivity contribution in [1.29, 1.82) is 0 Å². The molecule has 1 amide bonds. The Hall–Kier alpha value is -2.48. The number of aromatic nitrogens is 1. The molecule has 3 rings (SSSR count). The number of esters is 1. The van der Waals surface area contributed by atoms with Crippen LogP contribution in [0, 0.1) is 6.92 Å². The maximum atomic E-state index is 12.8. The topological polar surface area (TPSA) is 93.6 Å². The Bertz CT molecular complexity index is 1050. The molecule has 2 aromatic rings. The van der Waals surface area contributed by atoms with Gasteiger partial charge in [-0.1, -0.05) is 25.1 Å². The maximum absolute atomic E-state index is 12.8. The molecule has 156 valence electrons. The Morgan fingerprint density at radius 2 is 1.97 bits per heavy atom. The molecule has 1 saturated heterocycles. The summed E-state index contributed by atoms with van der Waals surface area (Å²) in [6.45, 7) is 5.50. The third-order valence-electron chi connectivity index (χ3n) is 5.40. The van der Waals surface area contributed by atoms with E-state index in [9.17, 15) is 18.0 Å². The second-order valence-corrected chi connectivity index (χ2v) is 9.47. The van der Waals surface area contributed by atoms with Gasteiger partial charge in [0.25, 0.3) is 5.91 Å². The summed E-state index contributed by atoms with van der Waals surface area (Å²) in [6, 6.07) is 7.23. The molecule has 0 spiro atoms. The van der Waals surface area contributed by atoms with Crippen LogP contribution in [0.25, 0.3) is 10.9 Å². The Labute approximate surface area is 171 Å². The van der Waals surface area contributed by atoms with Gasteiger partial charge in [-0.15, -0.1) is 0 Å². The first kappa shape index (κ1) is 21.2. The van der Waals surface area contributed by atoms with Crippen LogP contribution in [-0.2, 0) is 25.8 Å². The monoisotopic (exact) mass is 418 g/mol. The van der Waals surface area contributed by atoms with Gasteiger partial charge in [-0.3, -0.25) is 9.78 Å². The highest BCUT2D eigenvalue weighted by Gasteiger charge is 2.34. The van der Waals surface area contributed by atoms with E-state index in [1.54, 1.807) is 6.92 Å². The van der Waals surface area contributed by atoms with Crippen molar-refractivity contribution < 1.29 is 22.7 Å².